The first kappa shape index (κ1) is 16.9. The van der Waals surface area contributed by atoms with E-state index in [0.29, 0.717) is 11.3 Å². The molecule has 0 bridgehead atoms. The molecule has 1 aromatic rings. The van der Waals surface area contributed by atoms with Crippen molar-refractivity contribution in [1.82, 2.24) is 5.01 Å². The molecule has 2 aliphatic rings. The molecular weight excluding hydrogens is 346 g/mol. The Bertz CT molecular complexity index is 888. The van der Waals surface area contributed by atoms with Crippen LogP contribution in [0.3, 0.4) is 0 Å². The van der Waals surface area contributed by atoms with Crippen molar-refractivity contribution in [2.45, 2.75) is 13.8 Å². The van der Waals surface area contributed by atoms with E-state index in [1.807, 2.05) is 0 Å². The summed E-state index contributed by atoms with van der Waals surface area (Å²) in [5, 5.41) is 5.06. The number of methoxy groups -OCH3 is 1. The molecule has 25 heavy (non-hydrogen) atoms. The van der Waals surface area contributed by atoms with E-state index in [4.69, 9.17) is 9.47 Å². The van der Waals surface area contributed by atoms with Crippen molar-refractivity contribution in [2.75, 3.05) is 7.11 Å². The highest BCUT2D eigenvalue weighted by molar-refractivity contribution is 8.27. The van der Waals surface area contributed by atoms with E-state index >= 15 is 0 Å². The number of aliphatic imine (C=N–C) groups is 1. The van der Waals surface area contributed by atoms with Gasteiger partial charge in [0.15, 0.2) is 11.5 Å². The average molecular weight is 359 g/mol. The fraction of sp³-hybridized carbons (Fsp3) is 0.188. The number of hydrazone groups is 1. The lowest BCUT2D eigenvalue weighted by Gasteiger charge is -2.15. The molecule has 0 saturated carbocycles. The van der Waals surface area contributed by atoms with Gasteiger partial charge in [-0.1, -0.05) is 6.07 Å². The highest BCUT2D eigenvalue weighted by atomic mass is 32.2. The van der Waals surface area contributed by atoms with Crippen LogP contribution in [-0.2, 0) is 14.4 Å². The minimum atomic E-state index is -0.464. The molecule has 2 aliphatic heterocycles. The summed E-state index contributed by atoms with van der Waals surface area (Å²) in [5.74, 6) is -0.259. The van der Waals surface area contributed by atoms with E-state index in [2.05, 4.69) is 10.1 Å². The fourth-order valence-corrected chi connectivity index (χ4v) is 2.87. The number of hydrogen-bond acceptors (Lipinski definition) is 8. The molecule has 0 aliphatic carbocycles. The number of hydrogen-bond donors (Lipinski definition) is 0. The summed E-state index contributed by atoms with van der Waals surface area (Å²) < 4.78 is 10.2. The molecule has 0 spiro atoms. The van der Waals surface area contributed by atoms with E-state index in [1.165, 1.54) is 14.0 Å². The summed E-state index contributed by atoms with van der Waals surface area (Å²) in [4.78, 5) is 39.3. The molecule has 2 heterocycles. The van der Waals surface area contributed by atoms with Gasteiger partial charge in [0.25, 0.3) is 5.91 Å². The number of carbonyl (C=O) groups is 3. The Balaban J connectivity index is 1.93. The Hall–Kier alpha value is -2.94. The number of carbonyl (C=O) groups excluding carboxylic acids is 3. The molecule has 0 unspecified atom stereocenters. The van der Waals surface area contributed by atoms with E-state index in [-0.39, 0.29) is 27.4 Å². The third-order valence-corrected chi connectivity index (χ3v) is 4.21. The van der Waals surface area contributed by atoms with Crippen LogP contribution in [0.15, 0.2) is 34.0 Å². The van der Waals surface area contributed by atoms with Gasteiger partial charge in [-0.3, -0.25) is 14.4 Å². The van der Waals surface area contributed by atoms with E-state index in [9.17, 15) is 14.4 Å². The van der Waals surface area contributed by atoms with Gasteiger partial charge in [0.1, 0.15) is 11.4 Å². The SMILES string of the molecule is COc1cc(/C=C2/N=C3SC(=O)C(C)=NN3C2=O)ccc1OC(C)=O. The predicted molar refractivity (Wildman–Crippen MR) is 92.3 cm³/mol. The lowest BCUT2D eigenvalue weighted by molar-refractivity contribution is -0.132. The number of nitrogens with zero attached hydrogens (tertiary/aromatic N) is 3. The zero-order chi connectivity index (χ0) is 18.1. The van der Waals surface area contributed by atoms with Crippen LogP contribution in [-0.4, -0.2) is 40.0 Å². The van der Waals surface area contributed by atoms with Gasteiger partial charge in [-0.2, -0.15) is 10.1 Å². The van der Waals surface area contributed by atoms with Crippen molar-refractivity contribution in [2.24, 2.45) is 10.1 Å². The lowest BCUT2D eigenvalue weighted by Crippen LogP contribution is -2.32. The standard InChI is InChI=1S/C16H13N3O5S/c1-8-15(22)25-16-17-11(14(21)19(16)18-8)6-10-4-5-12(24-9(2)20)13(7-10)23-3/h4-7H,1-3H3/b11-6+. The second-order valence-corrected chi connectivity index (χ2v) is 6.06. The number of ether oxygens (including phenoxy) is 2. The minimum Gasteiger partial charge on any atom is -0.493 e. The second kappa shape index (κ2) is 6.52. The maximum atomic E-state index is 12.4. The Kier molecular flexibility index (Phi) is 4.41. The molecular formula is C16H13N3O5S. The number of amides is 1. The summed E-state index contributed by atoms with van der Waals surface area (Å²) in [7, 11) is 1.44. The molecule has 0 atom stereocenters. The maximum Gasteiger partial charge on any atom is 0.308 e. The molecule has 0 saturated heterocycles. The van der Waals surface area contributed by atoms with E-state index < -0.39 is 11.9 Å². The Morgan fingerprint density at radius 2 is 2.04 bits per heavy atom. The van der Waals surface area contributed by atoms with Gasteiger partial charge in [0.05, 0.1) is 7.11 Å². The normalized spacial score (nSPS) is 18.0. The van der Waals surface area contributed by atoms with Crippen LogP contribution in [0.2, 0.25) is 0 Å². The maximum absolute atomic E-state index is 12.4. The van der Waals surface area contributed by atoms with Gasteiger partial charge >= 0.3 is 5.97 Å². The molecule has 1 aromatic carbocycles. The largest absolute Gasteiger partial charge is 0.493 e. The third kappa shape index (κ3) is 3.31. The first-order valence-electron chi connectivity index (χ1n) is 7.17. The molecule has 3 rings (SSSR count). The first-order chi connectivity index (χ1) is 11.9. The second-order valence-electron chi connectivity index (χ2n) is 5.12. The van der Waals surface area contributed by atoms with Crippen molar-refractivity contribution in [1.29, 1.82) is 0 Å². The van der Waals surface area contributed by atoms with Gasteiger partial charge in [-0.05, 0) is 42.5 Å². The molecule has 128 valence electrons. The quantitative estimate of drug-likeness (QED) is 0.464. The van der Waals surface area contributed by atoms with Crippen LogP contribution in [0.25, 0.3) is 6.08 Å². The van der Waals surface area contributed by atoms with Crippen LogP contribution < -0.4 is 9.47 Å². The van der Waals surface area contributed by atoms with Crippen molar-refractivity contribution < 1.29 is 23.9 Å². The molecule has 0 fully saturated rings. The summed E-state index contributed by atoms with van der Waals surface area (Å²) in [6.45, 7) is 2.83. The minimum absolute atomic E-state index is 0.149. The number of benzene rings is 1. The lowest BCUT2D eigenvalue weighted by atomic mass is 10.1. The monoisotopic (exact) mass is 359 g/mol. The summed E-state index contributed by atoms with van der Waals surface area (Å²) >= 11 is 0.862. The van der Waals surface area contributed by atoms with Crippen molar-refractivity contribution in [3.63, 3.8) is 0 Å². The van der Waals surface area contributed by atoms with Gasteiger partial charge in [-0.15, -0.1) is 0 Å². The summed E-state index contributed by atoms with van der Waals surface area (Å²) in [6, 6.07) is 4.83. The van der Waals surface area contributed by atoms with E-state index in [1.54, 1.807) is 31.2 Å². The molecule has 0 aromatic heterocycles. The zero-order valence-electron chi connectivity index (χ0n) is 13.6. The Labute approximate surface area is 147 Å². The molecule has 8 nitrogen and oxygen atoms in total. The topological polar surface area (TPSA) is 97.6 Å². The van der Waals surface area contributed by atoms with Gasteiger partial charge in [-0.25, -0.2) is 4.99 Å². The van der Waals surface area contributed by atoms with Crippen LogP contribution >= 0.6 is 11.8 Å². The van der Waals surface area contributed by atoms with Crippen LogP contribution in [0.5, 0.6) is 11.5 Å². The van der Waals surface area contributed by atoms with Crippen LogP contribution in [0.1, 0.15) is 19.4 Å². The Morgan fingerprint density at radius 3 is 2.72 bits per heavy atom. The van der Waals surface area contributed by atoms with Crippen LogP contribution in [0.4, 0.5) is 0 Å². The molecule has 0 N–H and O–H groups in total. The van der Waals surface area contributed by atoms with Gasteiger partial charge in [0.2, 0.25) is 10.3 Å². The molecule has 1 amide bonds. The molecule has 0 radical (unpaired) electrons. The van der Waals surface area contributed by atoms with Crippen molar-refractivity contribution >= 4 is 45.7 Å². The highest BCUT2D eigenvalue weighted by Crippen LogP contribution is 2.31. The summed E-state index contributed by atoms with van der Waals surface area (Å²) in [5.41, 5.74) is 1.01. The predicted octanol–water partition coefficient (Wildman–Crippen LogP) is 1.81. The van der Waals surface area contributed by atoms with E-state index in [0.717, 1.165) is 16.8 Å². The van der Waals surface area contributed by atoms with Crippen molar-refractivity contribution in [3.05, 3.63) is 29.5 Å². The van der Waals surface area contributed by atoms with Crippen molar-refractivity contribution in [3.8, 4) is 11.5 Å². The fourth-order valence-electron chi connectivity index (χ4n) is 2.16. The number of thioether (sulfide) groups is 1. The van der Waals surface area contributed by atoms with Crippen LogP contribution in [0, 0.1) is 0 Å². The summed E-state index contributed by atoms with van der Waals surface area (Å²) in [6.07, 6.45) is 1.55. The van der Waals surface area contributed by atoms with Gasteiger partial charge < -0.3 is 9.47 Å². The third-order valence-electron chi connectivity index (χ3n) is 3.28. The number of fused-ring (bicyclic) bond motifs is 1. The molecule has 9 heteroatoms. The average Bonchev–Trinajstić information content (AvgIpc) is 2.84. The highest BCUT2D eigenvalue weighted by Gasteiger charge is 2.36. The first-order valence-corrected chi connectivity index (χ1v) is 7.99. The smallest absolute Gasteiger partial charge is 0.308 e. The number of esters is 1. The zero-order valence-corrected chi connectivity index (χ0v) is 14.4. The Morgan fingerprint density at radius 1 is 1.28 bits per heavy atom. The van der Waals surface area contributed by atoms with Gasteiger partial charge in [0, 0.05) is 6.92 Å². The number of amidine groups is 1. The number of rotatable bonds is 3.